The lowest BCUT2D eigenvalue weighted by Crippen LogP contribution is -2.53. The number of fused-ring (bicyclic) bond motifs is 2. The molecule has 2 unspecified atom stereocenters. The van der Waals surface area contributed by atoms with Crippen LogP contribution in [0.1, 0.15) is 0 Å². The van der Waals surface area contributed by atoms with Gasteiger partial charge in [0.05, 0.1) is 6.61 Å². The summed E-state index contributed by atoms with van der Waals surface area (Å²) >= 11 is 0. The smallest absolute Gasteiger partial charge is 0.186 e. The maximum absolute atomic E-state index is 9.22. The van der Waals surface area contributed by atoms with Gasteiger partial charge in [0.2, 0.25) is 0 Å². The highest BCUT2D eigenvalue weighted by atomic mass is 16.7. The summed E-state index contributed by atoms with van der Waals surface area (Å²) in [5.41, 5.74) is 0. The van der Waals surface area contributed by atoms with Crippen molar-refractivity contribution in [2.24, 2.45) is 0 Å². The summed E-state index contributed by atoms with van der Waals surface area (Å²) in [5.74, 6) is 0. The highest BCUT2D eigenvalue weighted by Gasteiger charge is 2.48. The largest absolute Gasteiger partial charge is 0.387 e. The van der Waals surface area contributed by atoms with Crippen molar-refractivity contribution in [1.82, 2.24) is 0 Å². The Morgan fingerprint density at radius 1 is 1.00 bits per heavy atom. The van der Waals surface area contributed by atoms with Gasteiger partial charge < -0.3 is 24.8 Å². The first-order valence-electron chi connectivity index (χ1n) is 3.51. The van der Waals surface area contributed by atoms with Gasteiger partial charge in [-0.25, -0.2) is 0 Å². The van der Waals surface area contributed by atoms with E-state index in [2.05, 4.69) is 0 Å². The SMILES string of the molecule is OC1[C@H](O)C2CO[C@@H](O2)[C@H]1O. The molecular formula is C6H10O5. The molecule has 5 atom stereocenters. The van der Waals surface area contributed by atoms with E-state index < -0.39 is 30.7 Å². The third-order valence-corrected chi connectivity index (χ3v) is 2.09. The molecule has 2 rings (SSSR count). The normalized spacial score (nSPS) is 56.5. The first-order valence-corrected chi connectivity index (χ1v) is 3.51. The summed E-state index contributed by atoms with van der Waals surface area (Å²) in [6.07, 6.45) is -4.58. The average Bonchev–Trinajstić information content (AvgIpc) is 2.44. The van der Waals surface area contributed by atoms with Crippen LogP contribution in [0.25, 0.3) is 0 Å². The Morgan fingerprint density at radius 3 is 2.45 bits per heavy atom. The van der Waals surface area contributed by atoms with E-state index in [9.17, 15) is 10.2 Å². The Balaban J connectivity index is 2.16. The predicted octanol–water partition coefficient (Wildman–Crippen LogP) is -2.18. The Labute approximate surface area is 63.2 Å². The summed E-state index contributed by atoms with van der Waals surface area (Å²) in [7, 11) is 0. The molecule has 2 aliphatic heterocycles. The second-order valence-electron chi connectivity index (χ2n) is 2.85. The molecule has 0 aliphatic carbocycles. The highest BCUT2D eigenvalue weighted by molar-refractivity contribution is 4.92. The van der Waals surface area contributed by atoms with Gasteiger partial charge >= 0.3 is 0 Å². The summed E-state index contributed by atoms with van der Waals surface area (Å²) in [6, 6.07) is 0. The van der Waals surface area contributed by atoms with Crippen LogP contribution in [0.5, 0.6) is 0 Å². The van der Waals surface area contributed by atoms with Gasteiger partial charge in [-0.15, -0.1) is 0 Å². The number of rotatable bonds is 0. The van der Waals surface area contributed by atoms with Gasteiger partial charge in [-0.1, -0.05) is 0 Å². The van der Waals surface area contributed by atoms with Crippen LogP contribution in [-0.2, 0) is 9.47 Å². The van der Waals surface area contributed by atoms with Crippen LogP contribution in [0.15, 0.2) is 0 Å². The lowest BCUT2D eigenvalue weighted by atomic mass is 10.0. The van der Waals surface area contributed by atoms with Crippen molar-refractivity contribution in [3.8, 4) is 0 Å². The summed E-state index contributed by atoms with van der Waals surface area (Å²) in [5, 5.41) is 27.6. The van der Waals surface area contributed by atoms with Crippen molar-refractivity contribution in [3.05, 3.63) is 0 Å². The Kier molecular flexibility index (Phi) is 1.62. The molecule has 0 radical (unpaired) electrons. The molecule has 0 aromatic carbocycles. The molecule has 0 aromatic heterocycles. The molecule has 2 aliphatic rings. The molecule has 2 fully saturated rings. The van der Waals surface area contributed by atoms with E-state index in [0.29, 0.717) is 0 Å². The molecule has 0 aromatic rings. The minimum absolute atomic E-state index is 0.236. The second kappa shape index (κ2) is 2.40. The molecule has 2 heterocycles. The van der Waals surface area contributed by atoms with Crippen molar-refractivity contribution in [2.45, 2.75) is 30.7 Å². The molecule has 5 heteroatoms. The summed E-state index contributed by atoms with van der Waals surface area (Å²) in [4.78, 5) is 0. The molecule has 0 saturated carbocycles. The van der Waals surface area contributed by atoms with Crippen LogP contribution in [-0.4, -0.2) is 52.6 Å². The molecule has 0 spiro atoms. The predicted molar refractivity (Wildman–Crippen MR) is 32.6 cm³/mol. The number of hydrogen-bond donors (Lipinski definition) is 3. The van der Waals surface area contributed by atoms with Crippen LogP contribution >= 0.6 is 0 Å². The van der Waals surface area contributed by atoms with Crippen LogP contribution in [0.4, 0.5) is 0 Å². The number of aliphatic hydroxyl groups is 3. The first-order chi connectivity index (χ1) is 5.20. The lowest BCUT2D eigenvalue weighted by molar-refractivity contribution is -0.228. The van der Waals surface area contributed by atoms with E-state index in [0.717, 1.165) is 0 Å². The maximum atomic E-state index is 9.22. The lowest BCUT2D eigenvalue weighted by Gasteiger charge is -2.32. The van der Waals surface area contributed by atoms with Crippen LogP contribution in [0, 0.1) is 0 Å². The molecule has 3 N–H and O–H groups in total. The maximum Gasteiger partial charge on any atom is 0.186 e. The standard InChI is InChI=1S/C6H10O5/c7-3-2-1-10-6(11-2)5(9)4(3)8/h2-9H,1H2/t2?,3-,4?,5+,6+/m1/s1. The van der Waals surface area contributed by atoms with Gasteiger partial charge in [0, 0.05) is 0 Å². The zero-order chi connectivity index (χ0) is 8.01. The van der Waals surface area contributed by atoms with Crippen molar-refractivity contribution in [3.63, 3.8) is 0 Å². The molecule has 2 saturated heterocycles. The molecule has 5 nitrogen and oxygen atoms in total. The van der Waals surface area contributed by atoms with E-state index in [-0.39, 0.29) is 6.61 Å². The van der Waals surface area contributed by atoms with Gasteiger partial charge in [0.25, 0.3) is 0 Å². The van der Waals surface area contributed by atoms with E-state index in [1.165, 1.54) is 0 Å². The Bertz CT molecular complexity index is 141. The van der Waals surface area contributed by atoms with E-state index >= 15 is 0 Å². The zero-order valence-electron chi connectivity index (χ0n) is 5.75. The van der Waals surface area contributed by atoms with E-state index in [4.69, 9.17) is 14.6 Å². The number of ether oxygens (including phenoxy) is 2. The Hall–Kier alpha value is -0.200. The zero-order valence-corrected chi connectivity index (χ0v) is 5.75. The number of hydrogen-bond acceptors (Lipinski definition) is 5. The molecular weight excluding hydrogens is 152 g/mol. The fourth-order valence-electron chi connectivity index (χ4n) is 1.38. The highest BCUT2D eigenvalue weighted by Crippen LogP contribution is 2.27. The van der Waals surface area contributed by atoms with Crippen LogP contribution in [0.2, 0.25) is 0 Å². The number of aliphatic hydroxyl groups excluding tert-OH is 3. The van der Waals surface area contributed by atoms with Crippen molar-refractivity contribution in [1.29, 1.82) is 0 Å². The summed E-state index contributed by atoms with van der Waals surface area (Å²) < 4.78 is 9.95. The van der Waals surface area contributed by atoms with Gasteiger partial charge in [0.15, 0.2) is 6.29 Å². The van der Waals surface area contributed by atoms with Gasteiger partial charge in [0.1, 0.15) is 24.4 Å². The quantitative estimate of drug-likeness (QED) is 0.377. The third kappa shape index (κ3) is 0.969. The van der Waals surface area contributed by atoms with Crippen molar-refractivity contribution < 1.29 is 24.8 Å². The van der Waals surface area contributed by atoms with Gasteiger partial charge in [-0.2, -0.15) is 0 Å². The third-order valence-electron chi connectivity index (χ3n) is 2.09. The topological polar surface area (TPSA) is 79.2 Å². The molecule has 2 bridgehead atoms. The van der Waals surface area contributed by atoms with Gasteiger partial charge in [-0.05, 0) is 0 Å². The van der Waals surface area contributed by atoms with Crippen molar-refractivity contribution >= 4 is 0 Å². The second-order valence-corrected chi connectivity index (χ2v) is 2.85. The minimum Gasteiger partial charge on any atom is -0.387 e. The van der Waals surface area contributed by atoms with Crippen LogP contribution in [0.3, 0.4) is 0 Å². The Morgan fingerprint density at radius 2 is 1.73 bits per heavy atom. The monoisotopic (exact) mass is 162 g/mol. The van der Waals surface area contributed by atoms with Gasteiger partial charge in [-0.3, -0.25) is 0 Å². The van der Waals surface area contributed by atoms with E-state index in [1.807, 2.05) is 0 Å². The molecule has 64 valence electrons. The fraction of sp³-hybridized carbons (Fsp3) is 1.00. The summed E-state index contributed by atoms with van der Waals surface area (Å²) in [6.45, 7) is 0.236. The van der Waals surface area contributed by atoms with Crippen LogP contribution < -0.4 is 0 Å². The fourth-order valence-corrected chi connectivity index (χ4v) is 1.38. The van der Waals surface area contributed by atoms with Crippen molar-refractivity contribution in [2.75, 3.05) is 6.61 Å². The first kappa shape index (κ1) is 7.45. The molecule has 0 amide bonds. The van der Waals surface area contributed by atoms with E-state index in [1.54, 1.807) is 0 Å². The molecule has 11 heavy (non-hydrogen) atoms. The minimum atomic E-state index is -1.15. The average molecular weight is 162 g/mol.